The van der Waals surface area contributed by atoms with Crippen LogP contribution in [0.2, 0.25) is 0 Å². The Bertz CT molecular complexity index is 797. The molecule has 0 spiro atoms. The molecule has 2 saturated heterocycles. The maximum Gasteiger partial charge on any atom is 0.326 e. The van der Waals surface area contributed by atoms with Gasteiger partial charge in [0.25, 0.3) is 0 Å². The highest BCUT2D eigenvalue weighted by Gasteiger charge is 2.66. The number of carbonyl (C=O) groups is 3. The molecule has 0 saturated carbocycles. The topological polar surface area (TPSA) is 75.7 Å². The minimum Gasteiger partial charge on any atom is -0.468 e. The Morgan fingerprint density at radius 3 is 2.43 bits per heavy atom. The van der Waals surface area contributed by atoms with E-state index >= 15 is 0 Å². The summed E-state index contributed by atoms with van der Waals surface area (Å²) in [6.45, 7) is 5.96. The molecular weight excluding hydrogens is 400 g/mol. The van der Waals surface area contributed by atoms with E-state index in [2.05, 4.69) is 24.4 Å². The highest BCUT2D eigenvalue weighted by atomic mass is 32.2. The number of amides is 2. The zero-order valence-corrected chi connectivity index (χ0v) is 19.1. The average Bonchev–Trinajstić information content (AvgIpc) is 3.21. The zero-order chi connectivity index (χ0) is 21.9. The molecule has 0 aromatic heterocycles. The summed E-state index contributed by atoms with van der Waals surface area (Å²) in [6.07, 6.45) is 4.97. The van der Waals surface area contributed by atoms with Crippen molar-refractivity contribution in [3.63, 3.8) is 0 Å². The van der Waals surface area contributed by atoms with Crippen molar-refractivity contribution in [1.82, 2.24) is 10.2 Å². The summed E-state index contributed by atoms with van der Waals surface area (Å²) >= 11 is 1.83. The maximum absolute atomic E-state index is 13.0. The highest BCUT2D eigenvalue weighted by Crippen LogP contribution is 2.49. The van der Waals surface area contributed by atoms with Crippen LogP contribution in [0.3, 0.4) is 0 Å². The van der Waals surface area contributed by atoms with Crippen LogP contribution in [0, 0.1) is 11.8 Å². The second kappa shape index (κ2) is 9.52. The van der Waals surface area contributed by atoms with Crippen LogP contribution in [0.1, 0.15) is 58.1 Å². The first-order chi connectivity index (χ1) is 14.4. The summed E-state index contributed by atoms with van der Waals surface area (Å²) in [6, 6.07) is 7.71. The standard InChI is InChI=1S/C23H32N2O4S/c1-5-7-8-9-14-30-16-12-10-15(11-13-16)19-17-18(21(27)25(6-2)20(17)26)23(3,24-19)22(28)29-4/h10-13,17-19,24H,5-9,14H2,1-4H3/t17-,18-,19-,23-/m1/s1. The molecule has 0 unspecified atom stereocenters. The molecule has 30 heavy (non-hydrogen) atoms. The lowest BCUT2D eigenvalue weighted by atomic mass is 9.80. The Kier molecular flexibility index (Phi) is 7.24. The van der Waals surface area contributed by atoms with Gasteiger partial charge in [-0.3, -0.25) is 24.6 Å². The van der Waals surface area contributed by atoms with Crippen molar-refractivity contribution in [3.8, 4) is 0 Å². The van der Waals surface area contributed by atoms with Crippen LogP contribution in [0.4, 0.5) is 0 Å². The Morgan fingerprint density at radius 1 is 1.13 bits per heavy atom. The SMILES string of the molecule is CCCCCCSc1ccc([C@H]2N[C@@](C)(C(=O)OC)[C@H]3C(=O)N(CC)C(=O)[C@@H]23)cc1. The van der Waals surface area contributed by atoms with Gasteiger partial charge in [0.2, 0.25) is 11.8 Å². The van der Waals surface area contributed by atoms with E-state index in [0.29, 0.717) is 6.54 Å². The molecule has 4 atom stereocenters. The molecule has 2 amide bonds. The van der Waals surface area contributed by atoms with Crippen molar-refractivity contribution >= 4 is 29.5 Å². The zero-order valence-electron chi connectivity index (χ0n) is 18.3. The van der Waals surface area contributed by atoms with E-state index in [4.69, 9.17) is 4.74 Å². The normalized spacial score (nSPS) is 28.1. The molecule has 1 N–H and O–H groups in total. The summed E-state index contributed by atoms with van der Waals surface area (Å²) in [5, 5.41) is 3.28. The Balaban J connectivity index is 1.80. The highest BCUT2D eigenvalue weighted by molar-refractivity contribution is 7.99. The van der Waals surface area contributed by atoms with Gasteiger partial charge in [-0.1, -0.05) is 38.3 Å². The smallest absolute Gasteiger partial charge is 0.326 e. The largest absolute Gasteiger partial charge is 0.468 e. The van der Waals surface area contributed by atoms with Crippen LogP contribution in [-0.2, 0) is 19.1 Å². The number of nitrogens with zero attached hydrogens (tertiary/aromatic N) is 1. The van der Waals surface area contributed by atoms with Crippen LogP contribution in [0.25, 0.3) is 0 Å². The van der Waals surface area contributed by atoms with E-state index in [9.17, 15) is 14.4 Å². The fourth-order valence-electron chi connectivity index (χ4n) is 4.69. The van der Waals surface area contributed by atoms with Crippen LogP contribution >= 0.6 is 11.8 Å². The molecule has 6 nitrogen and oxygen atoms in total. The summed E-state index contributed by atoms with van der Waals surface area (Å²) in [5.41, 5.74) is -0.319. The third kappa shape index (κ3) is 4.02. The van der Waals surface area contributed by atoms with Gasteiger partial charge in [-0.15, -0.1) is 11.8 Å². The molecule has 1 aromatic carbocycles. The lowest BCUT2D eigenvalue weighted by Gasteiger charge is -2.28. The van der Waals surface area contributed by atoms with E-state index in [1.165, 1.54) is 42.6 Å². The van der Waals surface area contributed by atoms with Crippen LogP contribution in [0.15, 0.2) is 29.2 Å². The molecule has 3 rings (SSSR count). The fraction of sp³-hybridized carbons (Fsp3) is 0.609. The van der Waals surface area contributed by atoms with Crippen molar-refractivity contribution in [1.29, 1.82) is 0 Å². The number of unbranched alkanes of at least 4 members (excludes halogenated alkanes) is 3. The molecular formula is C23H32N2O4S. The van der Waals surface area contributed by atoms with E-state index in [0.717, 1.165) is 11.3 Å². The van der Waals surface area contributed by atoms with Crippen molar-refractivity contribution in [2.24, 2.45) is 11.8 Å². The first kappa shape index (κ1) is 22.8. The Morgan fingerprint density at radius 2 is 1.83 bits per heavy atom. The predicted octanol–water partition coefficient (Wildman–Crippen LogP) is 3.56. The minimum atomic E-state index is -1.23. The number of hydrogen-bond donors (Lipinski definition) is 1. The van der Waals surface area contributed by atoms with Gasteiger partial charge in [-0.25, -0.2) is 0 Å². The van der Waals surface area contributed by atoms with Crippen LogP contribution < -0.4 is 5.32 Å². The van der Waals surface area contributed by atoms with Gasteiger partial charge in [0.1, 0.15) is 5.54 Å². The van der Waals surface area contributed by atoms with Crippen LogP contribution in [-0.4, -0.2) is 47.6 Å². The van der Waals surface area contributed by atoms with Crippen molar-refractivity contribution in [3.05, 3.63) is 29.8 Å². The molecule has 2 aliphatic rings. The summed E-state index contributed by atoms with van der Waals surface area (Å²) in [4.78, 5) is 41.0. The van der Waals surface area contributed by atoms with Gasteiger partial charge in [-0.05, 0) is 43.7 Å². The van der Waals surface area contributed by atoms with Crippen molar-refractivity contribution in [2.75, 3.05) is 19.4 Å². The van der Waals surface area contributed by atoms with Gasteiger partial charge < -0.3 is 4.74 Å². The minimum absolute atomic E-state index is 0.216. The Hall–Kier alpha value is -1.86. The third-order valence-electron chi connectivity index (χ3n) is 6.31. The number of methoxy groups -OCH3 is 1. The Labute approximate surface area is 183 Å². The number of nitrogens with one attached hydrogen (secondary N) is 1. The number of rotatable bonds is 9. The molecule has 0 aliphatic carbocycles. The lowest BCUT2D eigenvalue weighted by molar-refractivity contribution is -0.153. The number of hydrogen-bond acceptors (Lipinski definition) is 6. The number of carbonyl (C=O) groups excluding carboxylic acids is 3. The second-order valence-corrected chi connectivity index (χ2v) is 9.39. The summed E-state index contributed by atoms with van der Waals surface area (Å²) < 4.78 is 4.99. The van der Waals surface area contributed by atoms with E-state index in [1.54, 1.807) is 13.8 Å². The molecule has 1 aromatic rings. The lowest BCUT2D eigenvalue weighted by Crippen LogP contribution is -2.53. The molecule has 2 aliphatic heterocycles. The molecule has 0 bridgehead atoms. The summed E-state index contributed by atoms with van der Waals surface area (Å²) in [7, 11) is 1.31. The molecule has 0 radical (unpaired) electrons. The number of ether oxygens (including phenoxy) is 1. The number of esters is 1. The fourth-order valence-corrected chi connectivity index (χ4v) is 5.60. The number of benzene rings is 1. The number of thioether (sulfide) groups is 1. The van der Waals surface area contributed by atoms with Gasteiger partial charge in [0.15, 0.2) is 0 Å². The summed E-state index contributed by atoms with van der Waals surface area (Å²) in [5.74, 6) is -1.30. The van der Waals surface area contributed by atoms with Gasteiger partial charge in [-0.2, -0.15) is 0 Å². The van der Waals surface area contributed by atoms with Gasteiger partial charge in [0.05, 0.1) is 18.9 Å². The molecule has 2 heterocycles. The first-order valence-corrected chi connectivity index (χ1v) is 11.8. The van der Waals surface area contributed by atoms with Crippen LogP contribution in [0.5, 0.6) is 0 Å². The number of likely N-dealkylation sites (tertiary alicyclic amines) is 1. The van der Waals surface area contributed by atoms with Crippen molar-refractivity contribution < 1.29 is 19.1 Å². The predicted molar refractivity (Wildman–Crippen MR) is 117 cm³/mol. The number of fused-ring (bicyclic) bond motifs is 1. The maximum atomic E-state index is 13.0. The van der Waals surface area contributed by atoms with E-state index in [1.807, 2.05) is 23.9 Å². The average molecular weight is 433 g/mol. The molecule has 7 heteroatoms. The van der Waals surface area contributed by atoms with Gasteiger partial charge in [0, 0.05) is 17.5 Å². The quantitative estimate of drug-likeness (QED) is 0.278. The molecule has 164 valence electrons. The van der Waals surface area contributed by atoms with Gasteiger partial charge >= 0.3 is 5.97 Å². The van der Waals surface area contributed by atoms with Crippen molar-refractivity contribution in [2.45, 2.75) is 62.9 Å². The first-order valence-electron chi connectivity index (χ1n) is 10.8. The third-order valence-corrected chi connectivity index (χ3v) is 7.41. The monoisotopic (exact) mass is 432 g/mol. The number of imide groups is 1. The van der Waals surface area contributed by atoms with E-state index < -0.39 is 29.4 Å². The van der Waals surface area contributed by atoms with E-state index in [-0.39, 0.29) is 11.8 Å². The molecule has 2 fully saturated rings. The second-order valence-electron chi connectivity index (χ2n) is 8.22.